The summed E-state index contributed by atoms with van der Waals surface area (Å²) in [4.78, 5) is 2.35. The minimum atomic E-state index is 1.03. The van der Waals surface area contributed by atoms with Crippen LogP contribution >= 0.6 is 15.9 Å². The van der Waals surface area contributed by atoms with Gasteiger partial charge in [-0.2, -0.15) is 0 Å². The molecule has 0 saturated carbocycles. The van der Waals surface area contributed by atoms with Gasteiger partial charge in [0.25, 0.3) is 0 Å². The summed E-state index contributed by atoms with van der Waals surface area (Å²) in [5, 5.41) is 4.95. The van der Waals surface area contributed by atoms with Crippen LogP contribution in [0.4, 0.5) is 17.1 Å². The second-order valence-corrected chi connectivity index (χ2v) is 10.1. The van der Waals surface area contributed by atoms with E-state index >= 15 is 0 Å². The van der Waals surface area contributed by atoms with E-state index in [2.05, 4.69) is 165 Å². The first kappa shape index (κ1) is 21.9. The van der Waals surface area contributed by atoms with Gasteiger partial charge < -0.3 is 9.47 Å². The second kappa shape index (κ2) is 8.95. The van der Waals surface area contributed by atoms with E-state index in [0.717, 1.165) is 27.2 Å². The fourth-order valence-corrected chi connectivity index (χ4v) is 5.89. The minimum absolute atomic E-state index is 1.03. The Balaban J connectivity index is 1.52. The topological polar surface area (TPSA) is 8.17 Å². The van der Waals surface area contributed by atoms with E-state index in [-0.39, 0.29) is 0 Å². The number of hydrogen-bond donors (Lipinski definition) is 0. The van der Waals surface area contributed by atoms with Crippen molar-refractivity contribution < 1.29 is 0 Å². The first-order valence-corrected chi connectivity index (χ1v) is 13.2. The zero-order valence-electron chi connectivity index (χ0n) is 20.1. The van der Waals surface area contributed by atoms with Crippen molar-refractivity contribution in [3.8, 4) is 5.69 Å². The molecule has 7 rings (SSSR count). The highest BCUT2D eigenvalue weighted by Gasteiger charge is 2.18. The van der Waals surface area contributed by atoms with Crippen molar-refractivity contribution in [2.75, 3.05) is 4.90 Å². The van der Waals surface area contributed by atoms with Crippen molar-refractivity contribution in [3.63, 3.8) is 0 Å². The number of nitrogens with zero attached hydrogens (tertiary/aromatic N) is 2. The highest BCUT2D eigenvalue weighted by molar-refractivity contribution is 9.10. The maximum absolute atomic E-state index is 3.85. The lowest BCUT2D eigenvalue weighted by molar-refractivity contribution is 1.17. The van der Waals surface area contributed by atoms with E-state index in [1.165, 1.54) is 32.6 Å². The Labute approximate surface area is 224 Å². The molecule has 176 valence electrons. The second-order valence-electron chi connectivity index (χ2n) is 9.21. The molecule has 0 N–H and O–H groups in total. The van der Waals surface area contributed by atoms with Gasteiger partial charge in [-0.15, -0.1) is 0 Å². The summed E-state index contributed by atoms with van der Waals surface area (Å²) in [5.41, 5.74) is 6.87. The summed E-state index contributed by atoms with van der Waals surface area (Å²) in [7, 11) is 0. The van der Waals surface area contributed by atoms with Crippen LogP contribution in [-0.2, 0) is 0 Å². The highest BCUT2D eigenvalue weighted by atomic mass is 79.9. The Hall–Kier alpha value is -4.34. The molecule has 0 amide bonds. The molecule has 2 nitrogen and oxygen atoms in total. The molecule has 7 aromatic rings. The fraction of sp³-hybridized carbons (Fsp3) is 0. The summed E-state index contributed by atoms with van der Waals surface area (Å²) in [5.74, 6) is 0. The van der Waals surface area contributed by atoms with Gasteiger partial charge in [-0.05, 0) is 53.9 Å². The summed E-state index contributed by atoms with van der Waals surface area (Å²) in [6.07, 6.45) is 0. The SMILES string of the molecule is Brc1cc(N(c2ccccc2)c2cccc3ccccc23)cc(-n2c3ccccc3c3ccccc32)c1. The molecule has 0 atom stereocenters. The molecule has 1 heterocycles. The molecule has 0 aliphatic carbocycles. The van der Waals surface area contributed by atoms with Crippen molar-refractivity contribution in [2.24, 2.45) is 0 Å². The maximum atomic E-state index is 3.85. The standard InChI is InChI=1S/C34H23BrN2/c35-25-21-27(23-28(22-25)37-33-18-8-6-16-30(33)31-17-7-9-19-34(31)37)36(26-13-2-1-3-14-26)32-20-10-12-24-11-4-5-15-29(24)32/h1-23H. The van der Waals surface area contributed by atoms with Crippen LogP contribution in [0.5, 0.6) is 0 Å². The van der Waals surface area contributed by atoms with Crippen LogP contribution in [-0.4, -0.2) is 4.57 Å². The monoisotopic (exact) mass is 538 g/mol. The predicted octanol–water partition coefficient (Wildman–Crippen LogP) is 10.2. The molecule has 3 heteroatoms. The molecular weight excluding hydrogens is 516 g/mol. The number of hydrogen-bond acceptors (Lipinski definition) is 1. The smallest absolute Gasteiger partial charge is 0.0541 e. The summed E-state index contributed by atoms with van der Waals surface area (Å²) in [6.45, 7) is 0. The van der Waals surface area contributed by atoms with Gasteiger partial charge in [0.1, 0.15) is 0 Å². The molecule has 1 aromatic heterocycles. The van der Waals surface area contributed by atoms with Crippen molar-refractivity contribution in [1.29, 1.82) is 0 Å². The van der Waals surface area contributed by atoms with Crippen molar-refractivity contribution >= 4 is 65.6 Å². The Kier molecular flexibility index (Phi) is 5.30. The Bertz CT molecular complexity index is 1840. The number of halogens is 1. The first-order chi connectivity index (χ1) is 18.3. The Morgan fingerprint density at radius 2 is 1.08 bits per heavy atom. The third kappa shape index (κ3) is 3.71. The molecule has 0 saturated heterocycles. The van der Waals surface area contributed by atoms with Crippen LogP contribution < -0.4 is 4.90 Å². The zero-order valence-corrected chi connectivity index (χ0v) is 21.6. The Morgan fingerprint density at radius 1 is 0.486 bits per heavy atom. The average Bonchev–Trinajstić information content (AvgIpc) is 3.28. The molecular formula is C34H23BrN2. The number of fused-ring (bicyclic) bond motifs is 4. The van der Waals surface area contributed by atoms with Gasteiger partial charge in [-0.1, -0.05) is 107 Å². The molecule has 6 aromatic carbocycles. The van der Waals surface area contributed by atoms with Gasteiger partial charge in [-0.3, -0.25) is 0 Å². The molecule has 0 aliphatic rings. The van der Waals surface area contributed by atoms with E-state index in [0.29, 0.717) is 0 Å². The number of benzene rings is 6. The molecule has 0 unspecified atom stereocenters. The summed E-state index contributed by atoms with van der Waals surface area (Å²) < 4.78 is 3.40. The minimum Gasteiger partial charge on any atom is -0.310 e. The lowest BCUT2D eigenvalue weighted by atomic mass is 10.1. The normalized spacial score (nSPS) is 11.4. The third-order valence-electron chi connectivity index (χ3n) is 6.99. The van der Waals surface area contributed by atoms with Crippen molar-refractivity contribution in [1.82, 2.24) is 4.57 Å². The molecule has 0 aliphatic heterocycles. The predicted molar refractivity (Wildman–Crippen MR) is 161 cm³/mol. The lowest BCUT2D eigenvalue weighted by Crippen LogP contribution is -2.11. The van der Waals surface area contributed by atoms with Crippen LogP contribution in [0.2, 0.25) is 0 Å². The average molecular weight is 539 g/mol. The van der Waals surface area contributed by atoms with E-state index in [4.69, 9.17) is 0 Å². The van der Waals surface area contributed by atoms with E-state index < -0.39 is 0 Å². The van der Waals surface area contributed by atoms with Gasteiger partial charge in [0.15, 0.2) is 0 Å². The molecule has 0 spiro atoms. The molecule has 0 radical (unpaired) electrons. The van der Waals surface area contributed by atoms with Crippen molar-refractivity contribution in [2.45, 2.75) is 0 Å². The van der Waals surface area contributed by atoms with Gasteiger partial charge in [-0.25, -0.2) is 0 Å². The van der Waals surface area contributed by atoms with Gasteiger partial charge in [0.2, 0.25) is 0 Å². The highest BCUT2D eigenvalue weighted by Crippen LogP contribution is 2.41. The number of aromatic nitrogens is 1. The lowest BCUT2D eigenvalue weighted by Gasteiger charge is -2.27. The van der Waals surface area contributed by atoms with Gasteiger partial charge >= 0.3 is 0 Å². The van der Waals surface area contributed by atoms with Crippen LogP contribution in [0.1, 0.15) is 0 Å². The van der Waals surface area contributed by atoms with Gasteiger partial charge in [0, 0.05) is 37.7 Å². The van der Waals surface area contributed by atoms with Crippen LogP contribution in [0.15, 0.2) is 144 Å². The number of para-hydroxylation sites is 3. The Morgan fingerprint density at radius 3 is 1.81 bits per heavy atom. The fourth-order valence-electron chi connectivity index (χ4n) is 5.43. The van der Waals surface area contributed by atoms with Crippen LogP contribution in [0.25, 0.3) is 38.3 Å². The third-order valence-corrected chi connectivity index (χ3v) is 7.44. The molecule has 0 fully saturated rings. The number of rotatable bonds is 4. The molecule has 0 bridgehead atoms. The van der Waals surface area contributed by atoms with Crippen LogP contribution in [0, 0.1) is 0 Å². The number of anilines is 3. The molecule has 37 heavy (non-hydrogen) atoms. The summed E-state index contributed by atoms with van der Waals surface area (Å²) in [6, 6.07) is 49.7. The van der Waals surface area contributed by atoms with Crippen LogP contribution in [0.3, 0.4) is 0 Å². The maximum Gasteiger partial charge on any atom is 0.0541 e. The zero-order chi connectivity index (χ0) is 24.8. The van der Waals surface area contributed by atoms with E-state index in [1.54, 1.807) is 0 Å². The quantitative estimate of drug-likeness (QED) is 0.216. The van der Waals surface area contributed by atoms with E-state index in [1.807, 2.05) is 0 Å². The van der Waals surface area contributed by atoms with Gasteiger partial charge in [0.05, 0.1) is 16.7 Å². The van der Waals surface area contributed by atoms with Crippen molar-refractivity contribution in [3.05, 3.63) is 144 Å². The largest absolute Gasteiger partial charge is 0.310 e. The van der Waals surface area contributed by atoms with E-state index in [9.17, 15) is 0 Å². The first-order valence-electron chi connectivity index (χ1n) is 12.4. The summed E-state index contributed by atoms with van der Waals surface area (Å²) >= 11 is 3.85.